The third-order valence-electron chi connectivity index (χ3n) is 5.69. The average molecular weight is 365 g/mol. The van der Waals surface area contributed by atoms with Crippen molar-refractivity contribution in [2.45, 2.75) is 49.5 Å². The zero-order chi connectivity index (χ0) is 17.6. The first-order valence-corrected chi connectivity index (χ1v) is 10.4. The second-order valence-corrected chi connectivity index (χ2v) is 9.28. The number of ether oxygens (including phenoxy) is 1. The van der Waals surface area contributed by atoms with E-state index in [1.807, 2.05) is 0 Å². The molecule has 2 saturated carbocycles. The molecule has 2 N–H and O–H groups in total. The van der Waals surface area contributed by atoms with Gasteiger partial charge in [-0.05, 0) is 67.7 Å². The lowest BCUT2D eigenvalue weighted by Gasteiger charge is -2.40. The monoisotopic (exact) mass is 365 g/mol. The molecule has 2 fully saturated rings. The molecule has 4 atom stereocenters. The minimum Gasteiger partial charge on any atom is -0.493 e. The van der Waals surface area contributed by atoms with Crippen LogP contribution in [0.4, 0.5) is 0 Å². The van der Waals surface area contributed by atoms with Crippen LogP contribution in [-0.4, -0.2) is 32.1 Å². The van der Waals surface area contributed by atoms with E-state index in [2.05, 4.69) is 4.72 Å². The van der Waals surface area contributed by atoms with Crippen LogP contribution >= 0.6 is 0 Å². The van der Waals surface area contributed by atoms with E-state index in [0.717, 1.165) is 24.8 Å². The highest BCUT2D eigenvalue weighted by molar-refractivity contribution is 7.90. The van der Waals surface area contributed by atoms with Crippen LogP contribution in [0.25, 0.3) is 0 Å². The maximum Gasteiger partial charge on any atom is 0.264 e. The van der Waals surface area contributed by atoms with Crippen LogP contribution in [-0.2, 0) is 21.2 Å². The summed E-state index contributed by atoms with van der Waals surface area (Å²) >= 11 is 0. The van der Waals surface area contributed by atoms with Crippen molar-refractivity contribution in [3.8, 4) is 5.75 Å². The Morgan fingerprint density at radius 3 is 2.56 bits per heavy atom. The van der Waals surface area contributed by atoms with E-state index in [9.17, 15) is 18.3 Å². The van der Waals surface area contributed by atoms with Crippen LogP contribution in [0.1, 0.15) is 37.7 Å². The fraction of sp³-hybridized carbons (Fsp3) is 0.611. The molecule has 0 saturated heterocycles. The number of rotatable bonds is 3. The number of nitrogens with one attached hydrogen (secondary N) is 1. The summed E-state index contributed by atoms with van der Waals surface area (Å²) in [5, 5.41) is 9.85. The van der Waals surface area contributed by atoms with Gasteiger partial charge in [-0.15, -0.1) is 0 Å². The first-order chi connectivity index (χ1) is 11.9. The molecule has 0 spiro atoms. The van der Waals surface area contributed by atoms with E-state index < -0.39 is 15.9 Å². The van der Waals surface area contributed by atoms with Crippen molar-refractivity contribution < 1.29 is 23.1 Å². The van der Waals surface area contributed by atoms with Crippen molar-refractivity contribution in [2.24, 2.45) is 17.8 Å². The zero-order valence-corrected chi connectivity index (χ0v) is 14.8. The fourth-order valence-corrected chi connectivity index (χ4v) is 5.73. The molecule has 25 heavy (non-hydrogen) atoms. The molecular weight excluding hydrogens is 342 g/mol. The molecule has 6 nitrogen and oxygen atoms in total. The largest absolute Gasteiger partial charge is 0.493 e. The molecule has 136 valence electrons. The topological polar surface area (TPSA) is 92.7 Å². The molecule has 7 heteroatoms. The summed E-state index contributed by atoms with van der Waals surface area (Å²) in [7, 11) is -3.87. The number of hydrogen-bond donors (Lipinski definition) is 2. The van der Waals surface area contributed by atoms with Gasteiger partial charge in [-0.2, -0.15) is 0 Å². The number of benzene rings is 1. The van der Waals surface area contributed by atoms with Crippen molar-refractivity contribution in [3.63, 3.8) is 0 Å². The van der Waals surface area contributed by atoms with Crippen LogP contribution in [0.2, 0.25) is 0 Å². The molecule has 1 aromatic rings. The highest BCUT2D eigenvalue weighted by Gasteiger charge is 2.39. The van der Waals surface area contributed by atoms with Gasteiger partial charge in [0, 0.05) is 12.3 Å². The van der Waals surface area contributed by atoms with Crippen LogP contribution in [0, 0.1) is 17.8 Å². The minimum atomic E-state index is -3.87. The Labute approximate surface area is 147 Å². The number of hydrogen-bond acceptors (Lipinski definition) is 5. The van der Waals surface area contributed by atoms with Crippen molar-refractivity contribution in [2.75, 3.05) is 6.61 Å². The molecular formula is C18H23NO5S. The number of fused-ring (bicyclic) bond motifs is 3. The van der Waals surface area contributed by atoms with Gasteiger partial charge in [0.1, 0.15) is 5.75 Å². The lowest BCUT2D eigenvalue weighted by molar-refractivity contribution is -0.126. The maximum absolute atomic E-state index is 12.6. The molecule has 1 aromatic carbocycles. The molecule has 1 amide bonds. The first-order valence-electron chi connectivity index (χ1n) is 8.91. The highest BCUT2D eigenvalue weighted by atomic mass is 32.2. The van der Waals surface area contributed by atoms with Crippen LogP contribution in [0.3, 0.4) is 0 Å². The Morgan fingerprint density at radius 1 is 1.12 bits per heavy atom. The van der Waals surface area contributed by atoms with Gasteiger partial charge in [0.25, 0.3) is 10.0 Å². The summed E-state index contributed by atoms with van der Waals surface area (Å²) in [6.07, 6.45) is 4.21. The second kappa shape index (κ2) is 6.29. The Hall–Kier alpha value is -1.60. The van der Waals surface area contributed by atoms with Gasteiger partial charge in [-0.25, -0.2) is 13.1 Å². The molecule has 3 aliphatic rings. The van der Waals surface area contributed by atoms with E-state index >= 15 is 0 Å². The Balaban J connectivity index is 1.46. The summed E-state index contributed by atoms with van der Waals surface area (Å²) in [5.74, 6) is 0.645. The van der Waals surface area contributed by atoms with Crippen molar-refractivity contribution in [1.29, 1.82) is 0 Å². The maximum atomic E-state index is 12.6. The molecule has 4 rings (SSSR count). The number of aliphatic hydroxyl groups is 1. The van der Waals surface area contributed by atoms with Crippen LogP contribution in [0.5, 0.6) is 5.75 Å². The predicted octanol–water partition coefficient (Wildman–Crippen LogP) is 1.61. The number of sulfonamides is 1. The van der Waals surface area contributed by atoms with Gasteiger partial charge in [0.2, 0.25) is 5.91 Å². The summed E-state index contributed by atoms with van der Waals surface area (Å²) < 4.78 is 32.8. The number of aliphatic hydroxyl groups excluding tert-OH is 1. The van der Waals surface area contributed by atoms with Crippen LogP contribution in [0.15, 0.2) is 23.1 Å². The van der Waals surface area contributed by atoms with Gasteiger partial charge in [-0.1, -0.05) is 0 Å². The Kier molecular flexibility index (Phi) is 4.24. The number of carbonyl (C=O) groups excluding carboxylic acids is 1. The van der Waals surface area contributed by atoms with Crippen molar-refractivity contribution in [3.05, 3.63) is 23.8 Å². The van der Waals surface area contributed by atoms with Gasteiger partial charge in [-0.3, -0.25) is 4.79 Å². The third kappa shape index (κ3) is 3.40. The average Bonchev–Trinajstić information content (AvgIpc) is 3.00. The predicted molar refractivity (Wildman–Crippen MR) is 90.5 cm³/mol. The number of amides is 1. The van der Waals surface area contributed by atoms with Crippen LogP contribution < -0.4 is 9.46 Å². The lowest BCUT2D eigenvalue weighted by Crippen LogP contribution is -2.42. The summed E-state index contributed by atoms with van der Waals surface area (Å²) in [4.78, 5) is 12.7. The standard InChI is InChI=1S/C18H23NO5S/c20-15-8-11-5-12(9-15)7-14(6-11)18(21)19-25(22,23)16-1-2-17-13(10-16)3-4-24-17/h1-2,10-12,14-15,20H,3-9H2,(H,19,21)/t11-,12+,14?,15?. The SMILES string of the molecule is O=C(NS(=O)(=O)c1ccc2c(c1)CCO2)C1C[C@H]2CC(O)C[C@@H](C1)C2. The van der Waals surface area contributed by atoms with Crippen molar-refractivity contribution in [1.82, 2.24) is 4.72 Å². The fourth-order valence-electron chi connectivity index (χ4n) is 4.63. The van der Waals surface area contributed by atoms with Gasteiger partial charge in [0.05, 0.1) is 17.6 Å². The van der Waals surface area contributed by atoms with E-state index in [4.69, 9.17) is 4.74 Å². The Morgan fingerprint density at radius 2 is 1.84 bits per heavy atom. The normalized spacial score (nSPS) is 31.1. The van der Waals surface area contributed by atoms with Crippen molar-refractivity contribution >= 4 is 15.9 Å². The van der Waals surface area contributed by atoms with E-state index in [1.165, 1.54) is 6.07 Å². The molecule has 2 bridgehead atoms. The lowest BCUT2D eigenvalue weighted by atomic mass is 9.67. The second-order valence-electron chi connectivity index (χ2n) is 7.60. The van der Waals surface area contributed by atoms with E-state index in [0.29, 0.717) is 43.5 Å². The summed E-state index contributed by atoms with van der Waals surface area (Å²) in [5.41, 5.74) is 0.858. The van der Waals surface area contributed by atoms with Gasteiger partial charge in [0.15, 0.2) is 0 Å². The van der Waals surface area contributed by atoms with E-state index in [1.54, 1.807) is 12.1 Å². The molecule has 2 aliphatic carbocycles. The molecule has 0 aromatic heterocycles. The molecule has 1 heterocycles. The summed E-state index contributed by atoms with van der Waals surface area (Å²) in [6.45, 7) is 0.557. The quantitative estimate of drug-likeness (QED) is 0.849. The van der Waals surface area contributed by atoms with E-state index in [-0.39, 0.29) is 16.9 Å². The molecule has 2 unspecified atom stereocenters. The highest BCUT2D eigenvalue weighted by Crippen LogP contribution is 2.42. The summed E-state index contributed by atoms with van der Waals surface area (Å²) in [6, 6.07) is 4.71. The van der Waals surface area contributed by atoms with Gasteiger partial charge >= 0.3 is 0 Å². The smallest absolute Gasteiger partial charge is 0.264 e. The first kappa shape index (κ1) is 16.8. The third-order valence-corrected chi connectivity index (χ3v) is 7.03. The Bertz CT molecular complexity index is 773. The molecule has 0 radical (unpaired) electrons. The minimum absolute atomic E-state index is 0.108. The zero-order valence-electron chi connectivity index (χ0n) is 14.0. The molecule has 1 aliphatic heterocycles. The number of carbonyl (C=O) groups is 1. The van der Waals surface area contributed by atoms with Gasteiger partial charge < -0.3 is 9.84 Å².